The summed E-state index contributed by atoms with van der Waals surface area (Å²) in [5, 5.41) is 2.49. The van der Waals surface area contributed by atoms with Crippen LogP contribution in [0.4, 0.5) is 0 Å². The Morgan fingerprint density at radius 1 is 1.12 bits per heavy atom. The van der Waals surface area contributed by atoms with Crippen molar-refractivity contribution in [1.82, 2.24) is 0 Å². The number of hydrogen-bond donors (Lipinski definition) is 0. The maximum Gasteiger partial charge on any atom is 0.163 e. The lowest BCUT2D eigenvalue weighted by atomic mass is 9.97. The molecule has 0 bridgehead atoms. The molecule has 0 spiro atoms. The first-order chi connectivity index (χ1) is 7.81. The van der Waals surface area contributed by atoms with Gasteiger partial charge in [0.2, 0.25) is 0 Å². The molecule has 0 saturated heterocycles. The Morgan fingerprint density at radius 3 is 2.62 bits per heavy atom. The molecule has 0 heterocycles. The topological polar surface area (TPSA) is 17.1 Å². The Balaban J connectivity index is 2.38. The van der Waals surface area contributed by atoms with Gasteiger partial charge in [-0.2, -0.15) is 0 Å². The number of aryl methyl sites for hydroxylation is 2. The van der Waals surface area contributed by atoms with E-state index in [9.17, 15) is 4.79 Å². The summed E-state index contributed by atoms with van der Waals surface area (Å²) in [6, 6.07) is 10.5. The summed E-state index contributed by atoms with van der Waals surface area (Å²) in [4.78, 5) is 11.9. The van der Waals surface area contributed by atoms with E-state index in [4.69, 9.17) is 0 Å². The molecule has 0 radical (unpaired) electrons. The first-order valence-electron chi connectivity index (χ1n) is 5.88. The van der Waals surface area contributed by atoms with Crippen molar-refractivity contribution in [3.63, 3.8) is 0 Å². The number of benzene rings is 2. The largest absolute Gasteiger partial charge is 0.294 e. The van der Waals surface area contributed by atoms with E-state index in [1.165, 1.54) is 16.5 Å². The summed E-state index contributed by atoms with van der Waals surface area (Å²) in [6.07, 6.45) is 2.82. The quantitative estimate of drug-likeness (QED) is 0.693. The molecule has 80 valence electrons. The Hall–Kier alpha value is -1.63. The lowest BCUT2D eigenvalue weighted by molar-refractivity contribution is 0.0990. The maximum atomic E-state index is 11.9. The van der Waals surface area contributed by atoms with E-state index in [1.54, 1.807) is 0 Å². The number of carbonyl (C=O) groups is 1. The van der Waals surface area contributed by atoms with Crippen LogP contribution < -0.4 is 0 Å². The third-order valence-corrected chi connectivity index (χ3v) is 3.50. The molecule has 1 aliphatic carbocycles. The van der Waals surface area contributed by atoms with Gasteiger partial charge in [0.1, 0.15) is 0 Å². The number of carbonyl (C=O) groups excluding carboxylic acids is 1. The number of Topliss-reactive ketones (excluding diaryl/α,β-unsaturated/α-hetero) is 1. The minimum Gasteiger partial charge on any atom is -0.294 e. The van der Waals surface area contributed by atoms with Crippen molar-refractivity contribution in [3.8, 4) is 0 Å². The minimum atomic E-state index is 0.246. The molecule has 1 heteroatoms. The lowest BCUT2D eigenvalue weighted by Crippen LogP contribution is -1.98. The second-order valence-electron chi connectivity index (χ2n) is 4.39. The van der Waals surface area contributed by atoms with E-state index < -0.39 is 0 Å². The van der Waals surface area contributed by atoms with Crippen LogP contribution in [0.25, 0.3) is 10.8 Å². The molecular formula is C15H14O. The average molecular weight is 210 g/mol. The van der Waals surface area contributed by atoms with Crippen LogP contribution in [0.5, 0.6) is 0 Å². The molecule has 1 nitrogen and oxygen atoms in total. The summed E-state index contributed by atoms with van der Waals surface area (Å²) < 4.78 is 0. The molecule has 0 amide bonds. The fraction of sp³-hybridized carbons (Fsp3) is 0.267. The van der Waals surface area contributed by atoms with Gasteiger partial charge in [-0.3, -0.25) is 4.79 Å². The Bertz CT molecular complexity index is 571. The highest BCUT2D eigenvalue weighted by atomic mass is 16.1. The van der Waals surface area contributed by atoms with Crippen molar-refractivity contribution in [1.29, 1.82) is 0 Å². The molecule has 0 fully saturated rings. The van der Waals surface area contributed by atoms with Crippen LogP contribution in [0.2, 0.25) is 0 Å². The minimum absolute atomic E-state index is 0.246. The third kappa shape index (κ3) is 1.21. The lowest BCUT2D eigenvalue weighted by Gasteiger charge is -2.06. The van der Waals surface area contributed by atoms with Crippen molar-refractivity contribution in [2.75, 3.05) is 0 Å². The van der Waals surface area contributed by atoms with Gasteiger partial charge >= 0.3 is 0 Å². The van der Waals surface area contributed by atoms with Gasteiger partial charge in [0.15, 0.2) is 5.78 Å². The molecule has 0 saturated carbocycles. The predicted octanol–water partition coefficient (Wildman–Crippen LogP) is 3.53. The van der Waals surface area contributed by atoms with Crippen LogP contribution >= 0.6 is 0 Å². The van der Waals surface area contributed by atoms with Crippen LogP contribution in [-0.4, -0.2) is 5.78 Å². The van der Waals surface area contributed by atoms with Gasteiger partial charge < -0.3 is 0 Å². The summed E-state index contributed by atoms with van der Waals surface area (Å²) in [5.41, 5.74) is 3.70. The zero-order valence-electron chi connectivity index (χ0n) is 9.42. The fourth-order valence-electron chi connectivity index (χ4n) is 2.68. The molecule has 2 aromatic rings. The first-order valence-corrected chi connectivity index (χ1v) is 5.88. The van der Waals surface area contributed by atoms with Gasteiger partial charge in [-0.05, 0) is 34.7 Å². The van der Waals surface area contributed by atoms with E-state index in [-0.39, 0.29) is 5.78 Å². The van der Waals surface area contributed by atoms with Gasteiger partial charge in [-0.25, -0.2) is 0 Å². The summed E-state index contributed by atoms with van der Waals surface area (Å²) in [7, 11) is 0. The fourth-order valence-corrected chi connectivity index (χ4v) is 2.68. The zero-order valence-corrected chi connectivity index (χ0v) is 9.42. The average Bonchev–Trinajstić information content (AvgIpc) is 2.74. The van der Waals surface area contributed by atoms with Gasteiger partial charge in [-0.1, -0.05) is 37.3 Å². The normalized spacial score (nSPS) is 13.3. The molecule has 3 rings (SSSR count). The predicted molar refractivity (Wildman–Crippen MR) is 66.0 cm³/mol. The van der Waals surface area contributed by atoms with E-state index in [2.05, 4.69) is 24.3 Å². The highest BCUT2D eigenvalue weighted by Gasteiger charge is 2.17. The zero-order chi connectivity index (χ0) is 11.1. The summed E-state index contributed by atoms with van der Waals surface area (Å²) in [5.74, 6) is 0.246. The smallest absolute Gasteiger partial charge is 0.163 e. The van der Waals surface area contributed by atoms with Crippen LogP contribution in [0.15, 0.2) is 30.3 Å². The van der Waals surface area contributed by atoms with Crippen LogP contribution in [0.1, 0.15) is 34.8 Å². The van der Waals surface area contributed by atoms with E-state index in [0.717, 1.165) is 23.8 Å². The molecule has 0 atom stereocenters. The molecule has 0 aliphatic heterocycles. The van der Waals surface area contributed by atoms with Crippen LogP contribution in [0.3, 0.4) is 0 Å². The molecular weight excluding hydrogens is 196 g/mol. The third-order valence-electron chi connectivity index (χ3n) is 3.50. The van der Waals surface area contributed by atoms with Crippen molar-refractivity contribution >= 4 is 16.6 Å². The molecule has 0 N–H and O–H groups in total. The highest BCUT2D eigenvalue weighted by molar-refractivity contribution is 6.09. The van der Waals surface area contributed by atoms with E-state index in [0.29, 0.717) is 6.42 Å². The monoisotopic (exact) mass is 210 g/mol. The van der Waals surface area contributed by atoms with E-state index in [1.807, 2.05) is 13.0 Å². The van der Waals surface area contributed by atoms with Crippen molar-refractivity contribution in [3.05, 3.63) is 47.0 Å². The van der Waals surface area contributed by atoms with Gasteiger partial charge in [-0.15, -0.1) is 0 Å². The Kier molecular flexibility index (Phi) is 2.06. The number of ketones is 1. The highest BCUT2D eigenvalue weighted by Crippen LogP contribution is 2.33. The number of hydrogen-bond acceptors (Lipinski definition) is 1. The number of rotatable bonds is 2. The molecule has 2 aromatic carbocycles. The first kappa shape index (κ1) is 9.59. The Morgan fingerprint density at radius 2 is 1.88 bits per heavy atom. The van der Waals surface area contributed by atoms with E-state index >= 15 is 0 Å². The van der Waals surface area contributed by atoms with Crippen molar-refractivity contribution in [2.24, 2.45) is 0 Å². The van der Waals surface area contributed by atoms with Crippen LogP contribution in [0, 0.1) is 0 Å². The van der Waals surface area contributed by atoms with Gasteiger partial charge in [0.05, 0.1) is 0 Å². The second kappa shape index (κ2) is 3.44. The molecule has 0 unspecified atom stereocenters. The Labute approximate surface area is 95.1 Å². The summed E-state index contributed by atoms with van der Waals surface area (Å²) >= 11 is 0. The SMILES string of the molecule is CCC(=O)c1ccc2c3c(cccc13)CC2. The van der Waals surface area contributed by atoms with Crippen molar-refractivity contribution in [2.45, 2.75) is 26.2 Å². The second-order valence-corrected chi connectivity index (χ2v) is 4.39. The molecule has 1 aliphatic rings. The molecule has 0 aromatic heterocycles. The maximum absolute atomic E-state index is 11.9. The van der Waals surface area contributed by atoms with Gasteiger partial charge in [0, 0.05) is 12.0 Å². The molecule has 16 heavy (non-hydrogen) atoms. The standard InChI is InChI=1S/C15H14O/c1-2-14(16)12-9-8-11-7-6-10-4-3-5-13(12)15(10)11/h3-5,8-9H,2,6-7H2,1H3. The van der Waals surface area contributed by atoms with Gasteiger partial charge in [0.25, 0.3) is 0 Å². The summed E-state index contributed by atoms with van der Waals surface area (Å²) in [6.45, 7) is 1.92. The van der Waals surface area contributed by atoms with Crippen molar-refractivity contribution < 1.29 is 4.79 Å². The van der Waals surface area contributed by atoms with Crippen LogP contribution in [-0.2, 0) is 12.8 Å².